The summed E-state index contributed by atoms with van der Waals surface area (Å²) in [6, 6.07) is 2.18. The van der Waals surface area contributed by atoms with Gasteiger partial charge in [-0.2, -0.15) is 0 Å². The maximum atomic E-state index is 4.02. The zero-order chi connectivity index (χ0) is 13.3. The fourth-order valence-corrected chi connectivity index (χ4v) is 3.83. The average Bonchev–Trinajstić information content (AvgIpc) is 2.28. The van der Waals surface area contributed by atoms with Gasteiger partial charge in [-0.25, -0.2) is 0 Å². The number of nitrogens with zero attached hydrogens (tertiary/aromatic N) is 1. The molecule has 1 saturated heterocycles. The van der Waals surface area contributed by atoms with Crippen LogP contribution >= 0.6 is 0 Å². The molecular formula is C16H32N2. The third-order valence-electron chi connectivity index (χ3n) is 5.53. The lowest BCUT2D eigenvalue weighted by Gasteiger charge is -2.46. The Morgan fingerprint density at radius 2 is 1.89 bits per heavy atom. The van der Waals surface area contributed by atoms with Crippen molar-refractivity contribution in [3.05, 3.63) is 0 Å². The Balaban J connectivity index is 1.95. The molecule has 4 unspecified atom stereocenters. The second-order valence-corrected chi connectivity index (χ2v) is 7.56. The van der Waals surface area contributed by atoms with Gasteiger partial charge in [-0.3, -0.25) is 0 Å². The molecule has 4 atom stereocenters. The Bertz CT molecular complexity index is 274. The highest BCUT2D eigenvalue weighted by atomic mass is 15.2. The molecular weight excluding hydrogens is 220 g/mol. The van der Waals surface area contributed by atoms with E-state index in [1.807, 2.05) is 0 Å². The first-order chi connectivity index (χ1) is 8.40. The minimum absolute atomic E-state index is 0.491. The average molecular weight is 252 g/mol. The Morgan fingerprint density at radius 3 is 2.56 bits per heavy atom. The summed E-state index contributed by atoms with van der Waals surface area (Å²) in [4.78, 5) is 2.51. The minimum atomic E-state index is 0.491. The lowest BCUT2D eigenvalue weighted by Crippen LogP contribution is -2.56. The Hall–Kier alpha value is -0.0800. The van der Waals surface area contributed by atoms with E-state index in [0.717, 1.165) is 24.0 Å². The maximum absolute atomic E-state index is 4.02. The van der Waals surface area contributed by atoms with Crippen LogP contribution in [0.4, 0.5) is 0 Å². The molecule has 1 heterocycles. The van der Waals surface area contributed by atoms with E-state index in [0.29, 0.717) is 5.41 Å². The second kappa shape index (κ2) is 5.50. The smallest absolute Gasteiger partial charge is 0.0122 e. The monoisotopic (exact) mass is 252 g/mol. The van der Waals surface area contributed by atoms with Crippen LogP contribution < -0.4 is 5.32 Å². The van der Waals surface area contributed by atoms with Gasteiger partial charge >= 0.3 is 0 Å². The summed E-state index contributed by atoms with van der Waals surface area (Å²) >= 11 is 0. The van der Waals surface area contributed by atoms with Crippen molar-refractivity contribution in [2.45, 2.75) is 77.9 Å². The van der Waals surface area contributed by atoms with Gasteiger partial charge in [0.05, 0.1) is 0 Å². The highest BCUT2D eigenvalue weighted by molar-refractivity contribution is 4.94. The zero-order valence-corrected chi connectivity index (χ0v) is 13.0. The van der Waals surface area contributed by atoms with Crippen LogP contribution in [0.25, 0.3) is 0 Å². The summed E-state index contributed by atoms with van der Waals surface area (Å²) in [6.07, 6.45) is 6.91. The Morgan fingerprint density at radius 1 is 1.17 bits per heavy atom. The molecule has 0 bridgehead atoms. The van der Waals surface area contributed by atoms with Crippen molar-refractivity contribution in [2.24, 2.45) is 11.3 Å². The highest BCUT2D eigenvalue weighted by Crippen LogP contribution is 2.36. The lowest BCUT2D eigenvalue weighted by molar-refractivity contribution is 0.0838. The van der Waals surface area contributed by atoms with Gasteiger partial charge in [-0.05, 0) is 44.6 Å². The first-order valence-electron chi connectivity index (χ1n) is 7.86. The van der Waals surface area contributed by atoms with Crippen LogP contribution in [-0.2, 0) is 0 Å². The van der Waals surface area contributed by atoms with Gasteiger partial charge in [-0.15, -0.1) is 0 Å². The molecule has 2 aliphatic rings. The fraction of sp³-hybridized carbons (Fsp3) is 1.00. The van der Waals surface area contributed by atoms with Crippen LogP contribution in [-0.4, -0.2) is 36.6 Å². The number of hydrogen-bond acceptors (Lipinski definition) is 2. The summed E-state index contributed by atoms with van der Waals surface area (Å²) in [7, 11) is 2.27. The molecule has 0 amide bonds. The quantitative estimate of drug-likeness (QED) is 0.811. The van der Waals surface area contributed by atoms with Gasteiger partial charge in [0.25, 0.3) is 0 Å². The summed E-state index contributed by atoms with van der Waals surface area (Å²) in [5.74, 6) is 0.781. The molecule has 1 aliphatic heterocycles. The number of nitrogens with one attached hydrogen (secondary N) is 1. The summed E-state index contributed by atoms with van der Waals surface area (Å²) in [5, 5.41) is 4.02. The molecule has 0 radical (unpaired) electrons. The third-order valence-corrected chi connectivity index (χ3v) is 5.53. The molecule has 1 aliphatic carbocycles. The van der Waals surface area contributed by atoms with Gasteiger partial charge in [-0.1, -0.05) is 33.6 Å². The zero-order valence-electron chi connectivity index (χ0n) is 13.0. The van der Waals surface area contributed by atoms with E-state index in [1.165, 1.54) is 38.6 Å². The van der Waals surface area contributed by atoms with Crippen molar-refractivity contribution in [3.8, 4) is 0 Å². The summed E-state index contributed by atoms with van der Waals surface area (Å²) in [6.45, 7) is 10.9. The van der Waals surface area contributed by atoms with Crippen molar-refractivity contribution in [1.29, 1.82) is 0 Å². The number of likely N-dealkylation sites (tertiary alicyclic amines) is 1. The van der Waals surface area contributed by atoms with Crippen LogP contribution in [0.15, 0.2) is 0 Å². The van der Waals surface area contributed by atoms with Crippen molar-refractivity contribution >= 4 is 0 Å². The molecule has 2 heteroatoms. The molecule has 0 aromatic carbocycles. The molecule has 0 aromatic rings. The number of piperidine rings is 1. The van der Waals surface area contributed by atoms with Gasteiger partial charge < -0.3 is 10.2 Å². The molecule has 2 rings (SSSR count). The van der Waals surface area contributed by atoms with Crippen molar-refractivity contribution in [1.82, 2.24) is 10.2 Å². The largest absolute Gasteiger partial charge is 0.310 e. The van der Waals surface area contributed by atoms with E-state index in [9.17, 15) is 0 Å². The molecule has 106 valence electrons. The summed E-state index contributed by atoms with van der Waals surface area (Å²) < 4.78 is 0. The van der Waals surface area contributed by atoms with Gasteiger partial charge in [0.15, 0.2) is 0 Å². The molecule has 0 aromatic heterocycles. The van der Waals surface area contributed by atoms with Crippen molar-refractivity contribution in [3.63, 3.8) is 0 Å². The predicted molar refractivity (Wildman–Crippen MR) is 78.8 cm³/mol. The molecule has 2 nitrogen and oxygen atoms in total. The van der Waals surface area contributed by atoms with Crippen LogP contribution in [0.1, 0.15) is 59.8 Å². The first kappa shape index (κ1) is 14.3. The molecule has 2 fully saturated rings. The normalized spacial score (nSPS) is 41.8. The molecule has 0 spiro atoms. The lowest BCUT2D eigenvalue weighted by atomic mass is 9.72. The first-order valence-corrected chi connectivity index (χ1v) is 7.86. The SMILES string of the molecule is CC1CN(C)C(C)CC1NC1CCCCC1(C)C. The van der Waals surface area contributed by atoms with E-state index >= 15 is 0 Å². The van der Waals surface area contributed by atoms with E-state index in [1.54, 1.807) is 0 Å². The van der Waals surface area contributed by atoms with Crippen molar-refractivity contribution < 1.29 is 0 Å². The predicted octanol–water partition coefficient (Wildman–Crippen LogP) is 3.27. The molecule has 1 saturated carbocycles. The Labute approximate surface area is 114 Å². The van der Waals surface area contributed by atoms with E-state index in [-0.39, 0.29) is 0 Å². The second-order valence-electron chi connectivity index (χ2n) is 7.56. The van der Waals surface area contributed by atoms with Crippen LogP contribution in [0.3, 0.4) is 0 Å². The van der Waals surface area contributed by atoms with Gasteiger partial charge in [0.1, 0.15) is 0 Å². The molecule has 1 N–H and O–H groups in total. The molecule has 18 heavy (non-hydrogen) atoms. The summed E-state index contributed by atoms with van der Waals surface area (Å²) in [5.41, 5.74) is 0.491. The van der Waals surface area contributed by atoms with E-state index < -0.39 is 0 Å². The number of hydrogen-bond donors (Lipinski definition) is 1. The number of rotatable bonds is 2. The minimum Gasteiger partial charge on any atom is -0.310 e. The highest BCUT2D eigenvalue weighted by Gasteiger charge is 2.36. The van der Waals surface area contributed by atoms with Crippen LogP contribution in [0, 0.1) is 11.3 Å². The van der Waals surface area contributed by atoms with Crippen molar-refractivity contribution in [2.75, 3.05) is 13.6 Å². The van der Waals surface area contributed by atoms with E-state index in [2.05, 4.69) is 45.0 Å². The van der Waals surface area contributed by atoms with E-state index in [4.69, 9.17) is 0 Å². The Kier molecular flexibility index (Phi) is 4.38. The maximum Gasteiger partial charge on any atom is 0.0122 e. The third kappa shape index (κ3) is 3.08. The standard InChI is InChI=1S/C16H32N2/c1-12-11-18(5)13(2)10-14(12)17-15-8-6-7-9-16(15,3)4/h12-15,17H,6-11H2,1-5H3. The van der Waals surface area contributed by atoms with Crippen LogP contribution in [0.5, 0.6) is 0 Å². The van der Waals surface area contributed by atoms with Gasteiger partial charge in [0.2, 0.25) is 0 Å². The van der Waals surface area contributed by atoms with Gasteiger partial charge in [0, 0.05) is 24.7 Å². The fourth-order valence-electron chi connectivity index (χ4n) is 3.83. The van der Waals surface area contributed by atoms with Crippen LogP contribution in [0.2, 0.25) is 0 Å². The topological polar surface area (TPSA) is 15.3 Å².